The first-order chi connectivity index (χ1) is 14.5. The van der Waals surface area contributed by atoms with Gasteiger partial charge in [0.1, 0.15) is 17.5 Å². The van der Waals surface area contributed by atoms with Crippen molar-refractivity contribution in [1.82, 2.24) is 10.6 Å². The molecule has 3 aromatic carbocycles. The lowest BCUT2D eigenvalue weighted by molar-refractivity contribution is -0.119. The monoisotopic (exact) mass is 405 g/mol. The molecule has 30 heavy (non-hydrogen) atoms. The molecule has 1 fully saturated rings. The van der Waals surface area contributed by atoms with Crippen molar-refractivity contribution < 1.29 is 18.7 Å². The van der Waals surface area contributed by atoms with Crippen molar-refractivity contribution >= 4 is 28.4 Å². The predicted molar refractivity (Wildman–Crippen MR) is 113 cm³/mol. The standard InChI is InChI=1S/C23H20FN3O3/c1-13-19(22(28)26-17-10-6-5-9-16(17)24)21(27-23(29)25-13)20-15-8-4-3-7-14(15)11-12-18(20)30-2/h3-12,19,21H,1H2,2H3,(H,26,28)(H2,25,27,29)/t19-,21-/m0/s1. The molecular formula is C23H20FN3O3. The van der Waals surface area contributed by atoms with Crippen LogP contribution < -0.4 is 20.7 Å². The Bertz CT molecular complexity index is 1160. The number of benzene rings is 3. The highest BCUT2D eigenvalue weighted by Gasteiger charge is 2.40. The number of ether oxygens (including phenoxy) is 1. The van der Waals surface area contributed by atoms with Gasteiger partial charge in [-0.3, -0.25) is 4.79 Å². The number of nitrogens with one attached hydrogen (secondary N) is 3. The quantitative estimate of drug-likeness (QED) is 0.611. The van der Waals surface area contributed by atoms with Crippen molar-refractivity contribution in [3.63, 3.8) is 0 Å². The molecule has 0 saturated carbocycles. The van der Waals surface area contributed by atoms with Gasteiger partial charge in [-0.05, 0) is 29.0 Å². The average molecular weight is 405 g/mol. The molecule has 3 amide bonds. The fraction of sp³-hybridized carbons (Fsp3) is 0.130. The van der Waals surface area contributed by atoms with Crippen LogP contribution in [0.5, 0.6) is 5.75 Å². The van der Waals surface area contributed by atoms with Gasteiger partial charge >= 0.3 is 6.03 Å². The number of hydrogen-bond acceptors (Lipinski definition) is 3. The molecule has 3 aromatic rings. The molecule has 0 aromatic heterocycles. The smallest absolute Gasteiger partial charge is 0.319 e. The third-order valence-electron chi connectivity index (χ3n) is 5.15. The van der Waals surface area contributed by atoms with E-state index in [4.69, 9.17) is 4.74 Å². The molecule has 1 aliphatic heterocycles. The van der Waals surface area contributed by atoms with E-state index in [1.807, 2.05) is 30.3 Å². The van der Waals surface area contributed by atoms with Crippen molar-refractivity contribution in [1.29, 1.82) is 0 Å². The SMILES string of the molecule is C=C1NC(=O)N[C@H](c2c(OC)ccc3ccccc23)[C@H]1C(=O)Nc1ccccc1F. The lowest BCUT2D eigenvalue weighted by Gasteiger charge is -2.35. The molecule has 1 saturated heterocycles. The number of amides is 3. The first-order valence-corrected chi connectivity index (χ1v) is 9.37. The summed E-state index contributed by atoms with van der Waals surface area (Å²) < 4.78 is 19.6. The molecule has 0 radical (unpaired) electrons. The van der Waals surface area contributed by atoms with Crippen molar-refractivity contribution in [3.05, 3.63) is 84.3 Å². The third kappa shape index (κ3) is 3.45. The summed E-state index contributed by atoms with van der Waals surface area (Å²) in [5, 5.41) is 9.74. The highest BCUT2D eigenvalue weighted by atomic mass is 19.1. The molecule has 1 heterocycles. The lowest BCUT2D eigenvalue weighted by atomic mass is 9.85. The number of carbonyl (C=O) groups excluding carboxylic acids is 2. The highest BCUT2D eigenvalue weighted by molar-refractivity contribution is 5.98. The van der Waals surface area contributed by atoms with Crippen molar-refractivity contribution in [2.24, 2.45) is 5.92 Å². The number of halogens is 1. The van der Waals surface area contributed by atoms with Crippen LogP contribution in [0.3, 0.4) is 0 Å². The molecule has 1 aliphatic rings. The molecule has 0 unspecified atom stereocenters. The van der Waals surface area contributed by atoms with E-state index in [9.17, 15) is 14.0 Å². The Morgan fingerprint density at radius 2 is 1.83 bits per heavy atom. The molecule has 4 rings (SSSR count). The second-order valence-electron chi connectivity index (χ2n) is 6.95. The van der Waals surface area contributed by atoms with Crippen LogP contribution in [0.1, 0.15) is 11.6 Å². The van der Waals surface area contributed by atoms with Crippen LogP contribution in [0, 0.1) is 11.7 Å². The predicted octanol–water partition coefficient (Wildman–Crippen LogP) is 4.11. The lowest BCUT2D eigenvalue weighted by Crippen LogP contribution is -2.52. The molecule has 0 bridgehead atoms. The zero-order valence-electron chi connectivity index (χ0n) is 16.2. The van der Waals surface area contributed by atoms with Gasteiger partial charge in [-0.15, -0.1) is 0 Å². The molecule has 6 nitrogen and oxygen atoms in total. The second kappa shape index (κ2) is 7.87. The van der Waals surface area contributed by atoms with E-state index in [1.165, 1.54) is 25.3 Å². The van der Waals surface area contributed by atoms with Crippen LogP contribution in [-0.2, 0) is 4.79 Å². The first kappa shape index (κ1) is 19.4. The van der Waals surface area contributed by atoms with Gasteiger partial charge in [0.05, 0.1) is 18.8 Å². The second-order valence-corrected chi connectivity index (χ2v) is 6.95. The minimum absolute atomic E-state index is 0.0517. The van der Waals surface area contributed by atoms with Gasteiger partial charge in [0.15, 0.2) is 0 Å². The van der Waals surface area contributed by atoms with Crippen LogP contribution in [-0.4, -0.2) is 19.0 Å². The fourth-order valence-electron chi connectivity index (χ4n) is 3.78. The van der Waals surface area contributed by atoms with E-state index in [1.54, 1.807) is 12.1 Å². The molecular weight excluding hydrogens is 385 g/mol. The Morgan fingerprint density at radius 1 is 1.10 bits per heavy atom. The summed E-state index contributed by atoms with van der Waals surface area (Å²) in [5.74, 6) is -1.43. The van der Waals surface area contributed by atoms with Gasteiger partial charge in [-0.25, -0.2) is 9.18 Å². The minimum atomic E-state index is -0.901. The Hall–Kier alpha value is -3.87. The van der Waals surface area contributed by atoms with Crippen molar-refractivity contribution in [2.75, 3.05) is 12.4 Å². The van der Waals surface area contributed by atoms with Gasteiger partial charge in [-0.2, -0.15) is 0 Å². The number of para-hydroxylation sites is 1. The summed E-state index contributed by atoms with van der Waals surface area (Å²) in [6, 6.07) is 16.0. The molecule has 7 heteroatoms. The van der Waals surface area contributed by atoms with E-state index in [-0.39, 0.29) is 11.4 Å². The summed E-state index contributed by atoms with van der Waals surface area (Å²) in [6.07, 6.45) is 0. The number of fused-ring (bicyclic) bond motifs is 1. The maximum atomic E-state index is 14.1. The average Bonchev–Trinajstić information content (AvgIpc) is 2.73. The summed E-state index contributed by atoms with van der Waals surface area (Å²) in [6.45, 7) is 3.88. The van der Waals surface area contributed by atoms with Gasteiger partial charge in [0.25, 0.3) is 0 Å². The number of anilines is 1. The van der Waals surface area contributed by atoms with Gasteiger partial charge in [-0.1, -0.05) is 49.0 Å². The molecule has 2 atom stereocenters. The zero-order chi connectivity index (χ0) is 21.3. The van der Waals surface area contributed by atoms with E-state index in [0.29, 0.717) is 11.3 Å². The van der Waals surface area contributed by atoms with Crippen LogP contribution in [0.15, 0.2) is 72.9 Å². The Balaban J connectivity index is 1.81. The number of rotatable bonds is 4. The van der Waals surface area contributed by atoms with E-state index < -0.39 is 29.7 Å². The zero-order valence-corrected chi connectivity index (χ0v) is 16.2. The van der Waals surface area contributed by atoms with Crippen LogP contribution in [0.4, 0.5) is 14.9 Å². The highest BCUT2D eigenvalue weighted by Crippen LogP contribution is 2.40. The van der Waals surface area contributed by atoms with Crippen LogP contribution >= 0.6 is 0 Å². The van der Waals surface area contributed by atoms with Gasteiger partial charge < -0.3 is 20.7 Å². The van der Waals surface area contributed by atoms with Crippen molar-refractivity contribution in [2.45, 2.75) is 6.04 Å². The normalized spacial score (nSPS) is 18.5. The largest absolute Gasteiger partial charge is 0.496 e. The summed E-state index contributed by atoms with van der Waals surface area (Å²) in [5.41, 5.74) is 0.920. The number of methoxy groups -OCH3 is 1. The van der Waals surface area contributed by atoms with Gasteiger partial charge in [0.2, 0.25) is 5.91 Å². The molecule has 0 spiro atoms. The summed E-state index contributed by atoms with van der Waals surface area (Å²) in [4.78, 5) is 25.4. The molecule has 3 N–H and O–H groups in total. The maximum absolute atomic E-state index is 14.1. The number of urea groups is 1. The minimum Gasteiger partial charge on any atom is -0.496 e. The van der Waals surface area contributed by atoms with E-state index >= 15 is 0 Å². The van der Waals surface area contributed by atoms with Crippen LogP contribution in [0.25, 0.3) is 10.8 Å². The van der Waals surface area contributed by atoms with E-state index in [0.717, 1.165) is 10.8 Å². The Labute approximate surface area is 172 Å². The fourth-order valence-corrected chi connectivity index (χ4v) is 3.78. The van der Waals surface area contributed by atoms with Crippen molar-refractivity contribution in [3.8, 4) is 5.75 Å². The maximum Gasteiger partial charge on any atom is 0.319 e. The first-order valence-electron chi connectivity index (χ1n) is 9.37. The summed E-state index contributed by atoms with van der Waals surface area (Å²) in [7, 11) is 1.53. The Morgan fingerprint density at radius 3 is 2.60 bits per heavy atom. The van der Waals surface area contributed by atoms with E-state index in [2.05, 4.69) is 22.5 Å². The van der Waals surface area contributed by atoms with Crippen LogP contribution in [0.2, 0.25) is 0 Å². The Kier molecular flexibility index (Phi) is 5.10. The summed E-state index contributed by atoms with van der Waals surface area (Å²) >= 11 is 0. The third-order valence-corrected chi connectivity index (χ3v) is 5.15. The molecule has 152 valence electrons. The number of carbonyl (C=O) groups is 2. The number of hydrogen-bond donors (Lipinski definition) is 3. The topological polar surface area (TPSA) is 79.5 Å². The van der Waals surface area contributed by atoms with Gasteiger partial charge in [0, 0.05) is 11.3 Å². The molecule has 0 aliphatic carbocycles.